The van der Waals surface area contributed by atoms with Gasteiger partial charge in [-0.05, 0) is 56.4 Å². The van der Waals surface area contributed by atoms with Gasteiger partial charge in [0.25, 0.3) is 5.91 Å². The number of piperidine rings is 1. The van der Waals surface area contributed by atoms with Gasteiger partial charge in [-0.2, -0.15) is 5.26 Å². The minimum Gasteiger partial charge on any atom is -0.481 e. The molecule has 3 N–H and O–H groups in total. The zero-order chi connectivity index (χ0) is 21.2. The van der Waals surface area contributed by atoms with E-state index in [-0.39, 0.29) is 5.91 Å². The number of nitrogens with one attached hydrogen (secondary N) is 2. The number of nitriles is 1. The van der Waals surface area contributed by atoms with Crippen molar-refractivity contribution in [2.45, 2.75) is 39.0 Å². The van der Waals surface area contributed by atoms with Crippen molar-refractivity contribution in [1.29, 1.82) is 5.26 Å². The second kappa shape index (κ2) is 8.00. The van der Waals surface area contributed by atoms with Gasteiger partial charge in [-0.15, -0.1) is 0 Å². The Kier molecular flexibility index (Phi) is 5.64. The number of H-pyrrole nitrogens is 1. The molecular formula is C22H26N4O3. The average Bonchev–Trinajstić information content (AvgIpc) is 3.18. The van der Waals surface area contributed by atoms with Gasteiger partial charge in [-0.1, -0.05) is 13.0 Å². The maximum absolute atomic E-state index is 12.7. The Morgan fingerprint density at radius 1 is 1.28 bits per heavy atom. The largest absolute Gasteiger partial charge is 0.481 e. The first-order chi connectivity index (χ1) is 13.7. The molecule has 0 atom stereocenters. The van der Waals surface area contributed by atoms with Gasteiger partial charge < -0.3 is 20.3 Å². The van der Waals surface area contributed by atoms with E-state index in [9.17, 15) is 14.7 Å². The van der Waals surface area contributed by atoms with E-state index < -0.39 is 11.4 Å². The molecular weight excluding hydrogens is 368 g/mol. The molecule has 7 heteroatoms. The Labute approximate surface area is 170 Å². The van der Waals surface area contributed by atoms with Crippen molar-refractivity contribution in [2.75, 3.05) is 23.3 Å². The van der Waals surface area contributed by atoms with Crippen molar-refractivity contribution in [3.05, 3.63) is 47.3 Å². The van der Waals surface area contributed by atoms with Crippen molar-refractivity contribution in [3.8, 4) is 6.07 Å². The highest BCUT2D eigenvalue weighted by Crippen LogP contribution is 2.35. The minimum atomic E-state index is -1.04. The number of benzene rings is 1. The highest BCUT2D eigenvalue weighted by atomic mass is 16.4. The van der Waals surface area contributed by atoms with Crippen LogP contribution in [-0.4, -0.2) is 35.1 Å². The molecule has 0 spiro atoms. The smallest absolute Gasteiger partial charge is 0.313 e. The molecule has 7 nitrogen and oxygen atoms in total. The Morgan fingerprint density at radius 2 is 1.97 bits per heavy atom. The number of aliphatic carboxylic acids is 1. The van der Waals surface area contributed by atoms with E-state index in [0.29, 0.717) is 28.4 Å². The highest BCUT2D eigenvalue weighted by Gasteiger charge is 2.31. The van der Waals surface area contributed by atoms with Gasteiger partial charge in [0.15, 0.2) is 0 Å². The molecule has 1 aliphatic rings. The van der Waals surface area contributed by atoms with Gasteiger partial charge in [0.2, 0.25) is 0 Å². The summed E-state index contributed by atoms with van der Waals surface area (Å²) in [6, 6.07) is 8.87. The first kappa shape index (κ1) is 20.5. The summed E-state index contributed by atoms with van der Waals surface area (Å²) in [5.74, 6) is -0.599. The van der Waals surface area contributed by atoms with E-state index >= 15 is 0 Å². The summed E-state index contributed by atoms with van der Waals surface area (Å²) in [7, 11) is 0. The summed E-state index contributed by atoms with van der Waals surface area (Å²) >= 11 is 0. The molecule has 3 rings (SSSR count). The summed E-state index contributed by atoms with van der Waals surface area (Å²) in [4.78, 5) is 29.4. The second-order valence-corrected chi connectivity index (χ2v) is 8.20. The van der Waals surface area contributed by atoms with Gasteiger partial charge in [-0.3, -0.25) is 9.59 Å². The van der Waals surface area contributed by atoms with Crippen molar-refractivity contribution in [3.63, 3.8) is 0 Å². The molecule has 0 radical (unpaired) electrons. The molecule has 1 aromatic heterocycles. The molecule has 29 heavy (non-hydrogen) atoms. The van der Waals surface area contributed by atoms with Crippen molar-refractivity contribution >= 4 is 23.3 Å². The third-order valence-electron chi connectivity index (χ3n) is 5.68. The number of carboxylic acids is 1. The molecule has 0 aliphatic carbocycles. The van der Waals surface area contributed by atoms with Gasteiger partial charge in [0, 0.05) is 19.3 Å². The third kappa shape index (κ3) is 4.27. The topological polar surface area (TPSA) is 109 Å². The number of carbonyl (C=O) groups excluding carboxylic acids is 1. The first-order valence-electron chi connectivity index (χ1n) is 9.75. The summed E-state index contributed by atoms with van der Waals surface area (Å²) in [6.07, 6.45) is 3.57. The average molecular weight is 394 g/mol. The maximum Gasteiger partial charge on any atom is 0.313 e. The quantitative estimate of drug-likeness (QED) is 0.716. The van der Waals surface area contributed by atoms with Crippen LogP contribution in [0.1, 0.15) is 55.2 Å². The third-order valence-corrected chi connectivity index (χ3v) is 5.68. The zero-order valence-corrected chi connectivity index (χ0v) is 17.0. The lowest BCUT2D eigenvalue weighted by Gasteiger charge is -2.34. The van der Waals surface area contributed by atoms with Crippen LogP contribution in [0.5, 0.6) is 0 Å². The number of carboxylic acid groups (broad SMARTS) is 1. The molecule has 1 aliphatic heterocycles. The Morgan fingerprint density at radius 3 is 2.55 bits per heavy atom. The van der Waals surface area contributed by atoms with Gasteiger partial charge in [0.05, 0.1) is 22.4 Å². The highest BCUT2D eigenvalue weighted by molar-refractivity contribution is 6.05. The van der Waals surface area contributed by atoms with E-state index in [0.717, 1.165) is 31.6 Å². The van der Waals surface area contributed by atoms with Gasteiger partial charge >= 0.3 is 5.97 Å². The fourth-order valence-corrected chi connectivity index (χ4v) is 3.44. The first-order valence-corrected chi connectivity index (χ1v) is 9.75. The van der Waals surface area contributed by atoms with Crippen molar-refractivity contribution in [1.82, 2.24) is 4.98 Å². The van der Waals surface area contributed by atoms with Crippen LogP contribution in [0.2, 0.25) is 0 Å². The van der Waals surface area contributed by atoms with Crippen LogP contribution in [0, 0.1) is 17.2 Å². The van der Waals surface area contributed by atoms with E-state index in [1.165, 1.54) is 12.3 Å². The lowest BCUT2D eigenvalue weighted by Crippen LogP contribution is -2.34. The molecule has 0 bridgehead atoms. The lowest BCUT2D eigenvalue weighted by molar-refractivity contribution is -0.142. The van der Waals surface area contributed by atoms with Crippen LogP contribution in [-0.2, 0) is 10.2 Å². The molecule has 2 aromatic rings. The number of aromatic amines is 1. The zero-order valence-electron chi connectivity index (χ0n) is 17.0. The van der Waals surface area contributed by atoms with Gasteiger partial charge in [-0.25, -0.2) is 0 Å². The predicted molar refractivity (Wildman–Crippen MR) is 111 cm³/mol. The summed E-state index contributed by atoms with van der Waals surface area (Å²) in [5.41, 5.74) is 1.78. The number of nitrogens with zero attached hydrogens (tertiary/aromatic N) is 2. The molecule has 1 aromatic carbocycles. The number of hydrogen-bond acceptors (Lipinski definition) is 4. The van der Waals surface area contributed by atoms with Crippen LogP contribution in [0.4, 0.5) is 11.4 Å². The van der Waals surface area contributed by atoms with E-state index in [4.69, 9.17) is 5.26 Å². The monoisotopic (exact) mass is 394 g/mol. The Balaban J connectivity index is 1.95. The molecule has 152 valence electrons. The number of aromatic nitrogens is 1. The van der Waals surface area contributed by atoms with E-state index in [1.54, 1.807) is 26.0 Å². The maximum atomic E-state index is 12.7. The Hall–Kier alpha value is -3.27. The van der Waals surface area contributed by atoms with Crippen LogP contribution in [0.25, 0.3) is 0 Å². The Bertz CT molecular complexity index is 963. The summed E-state index contributed by atoms with van der Waals surface area (Å²) in [6.45, 7) is 7.27. The number of rotatable bonds is 5. The molecule has 1 amide bonds. The number of carbonyl (C=O) groups is 2. The predicted octanol–water partition coefficient (Wildman–Crippen LogP) is 3.74. The summed E-state index contributed by atoms with van der Waals surface area (Å²) in [5, 5.41) is 21.5. The van der Waals surface area contributed by atoms with Gasteiger partial charge in [0.1, 0.15) is 11.8 Å². The fourth-order valence-electron chi connectivity index (χ4n) is 3.44. The summed E-state index contributed by atoms with van der Waals surface area (Å²) < 4.78 is 0. The van der Waals surface area contributed by atoms with Crippen LogP contribution in [0.3, 0.4) is 0 Å². The second-order valence-electron chi connectivity index (χ2n) is 8.20. The number of amides is 1. The van der Waals surface area contributed by atoms with Crippen molar-refractivity contribution < 1.29 is 14.7 Å². The standard InChI is InChI=1S/C22H26N4O3/c1-14-6-8-26(9-7-14)19-11-16(22(2,3)21(28)29)4-5-17(19)25-20(27)18-10-15(12-23)13-24-18/h4-5,10-11,13-14,24H,6-9H2,1-3H3,(H,25,27)(H,28,29). The van der Waals surface area contributed by atoms with Crippen LogP contribution >= 0.6 is 0 Å². The molecule has 0 saturated carbocycles. The van der Waals surface area contributed by atoms with Crippen LogP contribution < -0.4 is 10.2 Å². The normalized spacial score (nSPS) is 15.0. The molecule has 1 saturated heterocycles. The SMILES string of the molecule is CC1CCN(c2cc(C(C)(C)C(=O)O)ccc2NC(=O)c2cc(C#N)c[nH]2)CC1. The number of hydrogen-bond donors (Lipinski definition) is 3. The number of anilines is 2. The van der Waals surface area contributed by atoms with E-state index in [2.05, 4.69) is 22.1 Å². The minimum absolute atomic E-state index is 0.301. The fraction of sp³-hybridized carbons (Fsp3) is 0.409. The van der Waals surface area contributed by atoms with Crippen LogP contribution in [0.15, 0.2) is 30.5 Å². The molecule has 1 fully saturated rings. The lowest BCUT2D eigenvalue weighted by atomic mass is 9.84. The van der Waals surface area contributed by atoms with Crippen molar-refractivity contribution in [2.24, 2.45) is 5.92 Å². The van der Waals surface area contributed by atoms with E-state index in [1.807, 2.05) is 12.1 Å². The molecule has 2 heterocycles. The molecule has 0 unspecified atom stereocenters.